The van der Waals surface area contributed by atoms with Crippen LogP contribution < -0.4 is 4.74 Å². The average Bonchev–Trinajstić information content (AvgIpc) is 3.21. The van der Waals surface area contributed by atoms with Gasteiger partial charge in [-0.15, -0.1) is 10.2 Å². The number of ether oxygens (including phenoxy) is 2. The Bertz CT molecular complexity index is 786. The van der Waals surface area contributed by atoms with Crippen LogP contribution in [0.2, 0.25) is 0 Å². The van der Waals surface area contributed by atoms with Crippen LogP contribution in [0, 0.1) is 20.8 Å². The van der Waals surface area contributed by atoms with E-state index in [2.05, 4.69) is 23.2 Å². The third kappa shape index (κ3) is 3.00. The van der Waals surface area contributed by atoms with Crippen LogP contribution >= 0.6 is 0 Å². The first-order chi connectivity index (χ1) is 12.0. The van der Waals surface area contributed by atoms with Crippen LogP contribution in [0.4, 0.5) is 0 Å². The fraction of sp³-hybridized carbons (Fsp3) is 0.500. The van der Waals surface area contributed by atoms with Gasteiger partial charge in [-0.1, -0.05) is 6.07 Å². The Morgan fingerprint density at radius 3 is 2.76 bits per heavy atom. The molecule has 2 aromatic rings. The second kappa shape index (κ2) is 6.15. The maximum absolute atomic E-state index is 12.9. The van der Waals surface area contributed by atoms with Gasteiger partial charge in [0.1, 0.15) is 5.75 Å². The topological polar surface area (TPSA) is 77.7 Å². The number of morpholine rings is 1. The van der Waals surface area contributed by atoms with Crippen LogP contribution in [-0.4, -0.2) is 46.8 Å². The molecule has 0 saturated carbocycles. The van der Waals surface area contributed by atoms with E-state index in [1.165, 1.54) is 11.1 Å². The van der Waals surface area contributed by atoms with E-state index >= 15 is 0 Å². The van der Waals surface area contributed by atoms with Crippen molar-refractivity contribution in [2.75, 3.05) is 19.7 Å². The average molecular weight is 343 g/mol. The second-order valence-corrected chi connectivity index (χ2v) is 6.66. The lowest BCUT2D eigenvalue weighted by molar-refractivity contribution is -0.146. The highest BCUT2D eigenvalue weighted by molar-refractivity contribution is 5.83. The number of nitrogens with zero attached hydrogens (tertiary/aromatic N) is 3. The number of aryl methyl sites for hydroxylation is 3. The predicted octanol–water partition coefficient (Wildman–Crippen LogP) is 1.90. The lowest BCUT2D eigenvalue weighted by atomic mass is 10.0. The molecule has 4 rings (SSSR count). The van der Waals surface area contributed by atoms with E-state index in [1.54, 1.807) is 11.8 Å². The number of amides is 1. The molecule has 0 aliphatic carbocycles. The van der Waals surface area contributed by atoms with Crippen LogP contribution in [0.15, 0.2) is 16.5 Å². The number of hydrogen-bond acceptors (Lipinski definition) is 6. The van der Waals surface area contributed by atoms with E-state index in [-0.39, 0.29) is 12.0 Å². The Kier molecular flexibility index (Phi) is 3.95. The predicted molar refractivity (Wildman–Crippen MR) is 88.3 cm³/mol. The summed E-state index contributed by atoms with van der Waals surface area (Å²) in [7, 11) is 0. The standard InChI is InChI=1S/C18H21N3O4/c1-10-6-13-8-15(25-14(13)7-11(10)2)18(22)21-4-5-23-16(9-21)17-20-19-12(3)24-17/h6-7,15-16H,4-5,8-9H2,1-3H3/t15-,16+/m1/s1. The van der Waals surface area contributed by atoms with Crippen molar-refractivity contribution in [1.82, 2.24) is 15.1 Å². The molecule has 7 nitrogen and oxygen atoms in total. The van der Waals surface area contributed by atoms with Gasteiger partial charge in [0, 0.05) is 19.9 Å². The summed E-state index contributed by atoms with van der Waals surface area (Å²) in [5.41, 5.74) is 3.48. The number of benzene rings is 1. The minimum absolute atomic E-state index is 0.0176. The van der Waals surface area contributed by atoms with Gasteiger partial charge in [0.25, 0.3) is 5.91 Å². The van der Waals surface area contributed by atoms with Gasteiger partial charge < -0.3 is 18.8 Å². The van der Waals surface area contributed by atoms with Gasteiger partial charge in [-0.3, -0.25) is 4.79 Å². The first-order valence-electron chi connectivity index (χ1n) is 8.48. The van der Waals surface area contributed by atoms with Crippen molar-refractivity contribution in [3.8, 4) is 5.75 Å². The zero-order chi connectivity index (χ0) is 17.6. The molecule has 1 saturated heterocycles. The van der Waals surface area contributed by atoms with Crippen molar-refractivity contribution in [2.45, 2.75) is 39.4 Å². The maximum Gasteiger partial charge on any atom is 0.264 e. The molecule has 0 unspecified atom stereocenters. The Labute approximate surface area is 145 Å². The largest absolute Gasteiger partial charge is 0.480 e. The van der Waals surface area contributed by atoms with Crippen molar-refractivity contribution >= 4 is 5.91 Å². The summed E-state index contributed by atoms with van der Waals surface area (Å²) >= 11 is 0. The van der Waals surface area contributed by atoms with Gasteiger partial charge in [0.15, 0.2) is 12.2 Å². The molecule has 0 bridgehead atoms. The van der Waals surface area contributed by atoms with Gasteiger partial charge in [-0.05, 0) is 36.6 Å². The number of carbonyl (C=O) groups is 1. The molecule has 1 aromatic carbocycles. The Morgan fingerprint density at radius 2 is 2.00 bits per heavy atom. The van der Waals surface area contributed by atoms with Gasteiger partial charge >= 0.3 is 0 Å². The van der Waals surface area contributed by atoms with E-state index in [9.17, 15) is 4.79 Å². The molecule has 2 aliphatic heterocycles. The van der Waals surface area contributed by atoms with Crippen molar-refractivity contribution in [2.24, 2.45) is 0 Å². The monoisotopic (exact) mass is 343 g/mol. The quantitative estimate of drug-likeness (QED) is 0.829. The summed E-state index contributed by atoms with van der Waals surface area (Å²) in [5, 5.41) is 7.83. The van der Waals surface area contributed by atoms with Crippen molar-refractivity contribution in [3.05, 3.63) is 40.6 Å². The number of hydrogen-bond donors (Lipinski definition) is 0. The fourth-order valence-electron chi connectivity index (χ4n) is 3.30. The van der Waals surface area contributed by atoms with Gasteiger partial charge in [0.2, 0.25) is 11.8 Å². The summed E-state index contributed by atoms with van der Waals surface area (Å²) in [4.78, 5) is 14.7. The van der Waals surface area contributed by atoms with Crippen molar-refractivity contribution in [3.63, 3.8) is 0 Å². The lowest BCUT2D eigenvalue weighted by Crippen LogP contribution is -2.48. The number of aromatic nitrogens is 2. The molecule has 2 aliphatic rings. The highest BCUT2D eigenvalue weighted by Crippen LogP contribution is 2.32. The summed E-state index contributed by atoms with van der Waals surface area (Å²) < 4.78 is 17.0. The molecule has 25 heavy (non-hydrogen) atoms. The molecular formula is C18H21N3O4. The highest BCUT2D eigenvalue weighted by Gasteiger charge is 2.36. The number of fused-ring (bicyclic) bond motifs is 1. The molecular weight excluding hydrogens is 322 g/mol. The smallest absolute Gasteiger partial charge is 0.264 e. The summed E-state index contributed by atoms with van der Waals surface area (Å²) in [6, 6.07) is 4.13. The van der Waals surface area contributed by atoms with E-state index in [1.807, 2.05) is 13.0 Å². The molecule has 0 radical (unpaired) electrons. The van der Waals surface area contributed by atoms with Crippen LogP contribution in [0.3, 0.4) is 0 Å². The third-order valence-corrected chi connectivity index (χ3v) is 4.82. The van der Waals surface area contributed by atoms with E-state index in [0.29, 0.717) is 37.9 Å². The third-order valence-electron chi connectivity index (χ3n) is 4.82. The molecule has 1 fully saturated rings. The van der Waals surface area contributed by atoms with Crippen LogP contribution in [-0.2, 0) is 16.0 Å². The first-order valence-corrected chi connectivity index (χ1v) is 8.48. The van der Waals surface area contributed by atoms with E-state index in [4.69, 9.17) is 13.9 Å². The molecule has 132 valence electrons. The lowest BCUT2D eigenvalue weighted by Gasteiger charge is -2.32. The molecule has 3 heterocycles. The molecule has 1 amide bonds. The molecule has 0 N–H and O–H groups in total. The zero-order valence-electron chi connectivity index (χ0n) is 14.6. The Morgan fingerprint density at radius 1 is 1.20 bits per heavy atom. The van der Waals surface area contributed by atoms with E-state index < -0.39 is 6.10 Å². The van der Waals surface area contributed by atoms with Gasteiger partial charge in [0.05, 0.1) is 13.2 Å². The fourth-order valence-corrected chi connectivity index (χ4v) is 3.30. The number of rotatable bonds is 2. The second-order valence-electron chi connectivity index (χ2n) is 6.66. The van der Waals surface area contributed by atoms with Gasteiger partial charge in [-0.25, -0.2) is 0 Å². The van der Waals surface area contributed by atoms with Crippen molar-refractivity contribution in [1.29, 1.82) is 0 Å². The molecule has 0 spiro atoms. The molecule has 7 heteroatoms. The van der Waals surface area contributed by atoms with Crippen LogP contribution in [0.5, 0.6) is 5.75 Å². The van der Waals surface area contributed by atoms with E-state index in [0.717, 1.165) is 11.3 Å². The summed E-state index contributed by atoms with van der Waals surface area (Å²) in [6.45, 7) is 7.23. The first kappa shape index (κ1) is 16.1. The highest BCUT2D eigenvalue weighted by atomic mass is 16.5. The molecule has 2 atom stereocenters. The normalized spacial score (nSPS) is 22.6. The van der Waals surface area contributed by atoms with Gasteiger partial charge in [-0.2, -0.15) is 0 Å². The van der Waals surface area contributed by atoms with Crippen LogP contribution in [0.25, 0.3) is 0 Å². The Balaban J connectivity index is 1.46. The SMILES string of the molecule is Cc1nnc([C@@H]2CN(C(=O)[C@H]3Cc4cc(C)c(C)cc4O3)CCO2)o1. The Hall–Kier alpha value is -2.41. The maximum atomic E-state index is 12.9. The van der Waals surface area contributed by atoms with Crippen molar-refractivity contribution < 1.29 is 18.7 Å². The summed E-state index contributed by atoms with van der Waals surface area (Å²) in [5.74, 6) is 1.70. The minimum atomic E-state index is -0.473. The van der Waals surface area contributed by atoms with Crippen LogP contribution in [0.1, 0.15) is 34.6 Å². The zero-order valence-corrected chi connectivity index (χ0v) is 14.6. The number of carbonyl (C=O) groups excluding carboxylic acids is 1. The minimum Gasteiger partial charge on any atom is -0.480 e. The molecule has 1 aromatic heterocycles. The summed E-state index contributed by atoms with van der Waals surface area (Å²) in [6.07, 6.45) is -0.247.